The van der Waals surface area contributed by atoms with E-state index >= 15 is 0 Å². The Balaban J connectivity index is 0.000000175. The minimum atomic E-state index is -1.50. The van der Waals surface area contributed by atoms with E-state index in [2.05, 4.69) is 9.97 Å². The van der Waals surface area contributed by atoms with Gasteiger partial charge in [0, 0.05) is 46.5 Å². The number of benzene rings is 6. The molecule has 2 aromatic heterocycles. The number of carbonyl (C=O) groups is 2. The maximum atomic E-state index is 14.0. The highest BCUT2D eigenvalue weighted by molar-refractivity contribution is 6.58. The van der Waals surface area contributed by atoms with E-state index in [1.807, 2.05) is 0 Å². The molecular formula is C44H29BF6N4O8. The van der Waals surface area contributed by atoms with Crippen LogP contribution in [-0.2, 0) is 13.1 Å². The predicted molar refractivity (Wildman–Crippen MR) is 218 cm³/mol. The molecule has 0 aliphatic rings. The number of rotatable bonds is 9. The van der Waals surface area contributed by atoms with Gasteiger partial charge in [-0.25, -0.2) is 26.3 Å². The van der Waals surface area contributed by atoms with Gasteiger partial charge in [-0.05, 0) is 54.0 Å². The van der Waals surface area contributed by atoms with Gasteiger partial charge in [0.25, 0.3) is 11.1 Å². The van der Waals surface area contributed by atoms with E-state index in [4.69, 9.17) is 14.8 Å². The number of nitrogens with zero attached hydrogens (tertiary/aromatic N) is 4. The molecule has 19 heteroatoms. The maximum Gasteiger partial charge on any atom is 0.488 e. The van der Waals surface area contributed by atoms with Crippen molar-refractivity contribution in [1.82, 2.24) is 19.1 Å². The Kier molecular flexibility index (Phi) is 13.9. The number of ether oxygens (including phenoxy) is 1. The molecule has 3 N–H and O–H groups in total. The van der Waals surface area contributed by atoms with Gasteiger partial charge in [-0.3, -0.25) is 19.2 Å². The molecule has 0 saturated heterocycles. The summed E-state index contributed by atoms with van der Waals surface area (Å²) < 4.78 is 90.0. The fourth-order valence-corrected chi connectivity index (χ4v) is 6.07. The minimum Gasteiger partial charge on any atom is -0.508 e. The van der Waals surface area contributed by atoms with Crippen LogP contribution in [0.25, 0.3) is 21.8 Å². The van der Waals surface area contributed by atoms with Gasteiger partial charge in [-0.15, -0.1) is 0 Å². The summed E-state index contributed by atoms with van der Waals surface area (Å²) in [5, 5.41) is 27.1. The Morgan fingerprint density at radius 3 is 1.54 bits per heavy atom. The Morgan fingerprint density at radius 2 is 1.03 bits per heavy atom. The van der Waals surface area contributed by atoms with Gasteiger partial charge in [-0.1, -0.05) is 36.4 Å². The molecule has 0 saturated carbocycles. The molecule has 0 fully saturated rings. The first-order chi connectivity index (χ1) is 30.1. The molecule has 0 aliphatic carbocycles. The van der Waals surface area contributed by atoms with Crippen LogP contribution >= 0.6 is 0 Å². The number of phenolic OH excluding ortho intramolecular Hbond substituents is 1. The molecular weight excluding hydrogens is 837 g/mol. The smallest absolute Gasteiger partial charge is 0.488 e. The van der Waals surface area contributed by atoms with Gasteiger partial charge >= 0.3 is 7.12 Å². The average Bonchev–Trinajstić information content (AvgIpc) is 3.25. The molecule has 63 heavy (non-hydrogen) atoms. The summed E-state index contributed by atoms with van der Waals surface area (Å²) in [5.74, 6) is -5.54. The highest BCUT2D eigenvalue weighted by atomic mass is 19.2. The van der Waals surface area contributed by atoms with Crippen molar-refractivity contribution < 1.29 is 55.8 Å². The standard InChI is InChI=1S/C22H13F3N2O3.C15H9F3N2O2.C7H7BO3/c23-14-7-19(24)18(20(25)8-14)10-27-12-26-22(29)17-9-16(4-5-21(17)27)30-15-3-1-2-13(6-15)11-28;16-8-3-12(17)11(13(18)4-8)6-20-7-19-15(22)10-5-9(21)1-2-14(10)20;9-5-6-2-1-3-7(4-6)8(10)11/h1-9,11-12H,10H2;1-5,7,21H,6H2;1-5,10-11H. The SMILES string of the molecule is O=Cc1cccc(B(O)O)c1.O=Cc1cccc(Oc2ccc3c(c2)c(=O)ncn3Cc2c(F)cc(F)cc2F)c1.O=c1ncn(Cc2c(F)cc(F)cc2F)c2ccc(O)cc12. The lowest BCUT2D eigenvalue weighted by Gasteiger charge is -2.13. The van der Waals surface area contributed by atoms with Crippen molar-refractivity contribution in [2.45, 2.75) is 13.1 Å². The average molecular weight is 867 g/mol. The van der Waals surface area contributed by atoms with Crippen molar-refractivity contribution in [3.05, 3.63) is 200 Å². The molecule has 6 aromatic carbocycles. The van der Waals surface area contributed by atoms with E-state index in [-0.39, 0.29) is 40.7 Å². The predicted octanol–water partition coefficient (Wildman–Crippen LogP) is 6.21. The Bertz CT molecular complexity index is 3080. The quantitative estimate of drug-likeness (QED) is 0.0860. The second-order valence-corrected chi connectivity index (χ2v) is 13.4. The third kappa shape index (κ3) is 10.9. The van der Waals surface area contributed by atoms with Crippen LogP contribution in [0.2, 0.25) is 0 Å². The highest BCUT2D eigenvalue weighted by Gasteiger charge is 2.16. The Morgan fingerprint density at radius 1 is 0.571 bits per heavy atom. The summed E-state index contributed by atoms with van der Waals surface area (Å²) in [6.45, 7) is -0.560. The summed E-state index contributed by atoms with van der Waals surface area (Å²) >= 11 is 0. The van der Waals surface area contributed by atoms with Crippen LogP contribution < -0.4 is 21.3 Å². The molecule has 0 amide bonds. The molecule has 12 nitrogen and oxygen atoms in total. The lowest BCUT2D eigenvalue weighted by Crippen LogP contribution is -2.29. The van der Waals surface area contributed by atoms with E-state index < -0.39 is 53.1 Å². The molecule has 0 bridgehead atoms. The summed E-state index contributed by atoms with van der Waals surface area (Å²) in [7, 11) is -1.50. The van der Waals surface area contributed by atoms with E-state index in [9.17, 15) is 50.6 Å². The van der Waals surface area contributed by atoms with Crippen LogP contribution in [0.4, 0.5) is 26.3 Å². The monoisotopic (exact) mass is 866 g/mol. The van der Waals surface area contributed by atoms with Crippen molar-refractivity contribution >= 4 is 47.0 Å². The molecule has 2 heterocycles. The number of phenols is 1. The van der Waals surface area contributed by atoms with Crippen molar-refractivity contribution in [1.29, 1.82) is 0 Å². The van der Waals surface area contributed by atoms with E-state index in [1.165, 1.54) is 51.9 Å². The summed E-state index contributed by atoms with van der Waals surface area (Å²) in [6, 6.07) is 23.6. The van der Waals surface area contributed by atoms with E-state index in [0.717, 1.165) is 6.33 Å². The minimum absolute atomic E-state index is 0.116. The summed E-state index contributed by atoms with van der Waals surface area (Å²) in [6.07, 6.45) is 3.65. The summed E-state index contributed by atoms with van der Waals surface area (Å²) in [5.41, 5.74) is 0.102. The maximum absolute atomic E-state index is 14.0. The number of carbonyl (C=O) groups excluding carboxylic acids is 2. The lowest BCUT2D eigenvalue weighted by atomic mass is 9.80. The molecule has 0 spiro atoms. The van der Waals surface area contributed by atoms with Crippen molar-refractivity contribution in [2.24, 2.45) is 0 Å². The van der Waals surface area contributed by atoms with Gasteiger partial charge in [0.15, 0.2) is 0 Å². The van der Waals surface area contributed by atoms with Gasteiger partial charge in [0.2, 0.25) is 0 Å². The molecule has 0 unspecified atom stereocenters. The second-order valence-electron chi connectivity index (χ2n) is 13.4. The van der Waals surface area contributed by atoms with Crippen LogP contribution in [0.5, 0.6) is 17.2 Å². The molecule has 0 atom stereocenters. The topological polar surface area (TPSA) is 174 Å². The fraction of sp³-hybridized carbons (Fsp3) is 0.0455. The Labute approximate surface area is 351 Å². The van der Waals surface area contributed by atoms with Gasteiger partial charge in [-0.2, -0.15) is 9.97 Å². The third-order valence-corrected chi connectivity index (χ3v) is 9.10. The molecule has 8 aromatic rings. The number of aromatic nitrogens is 4. The zero-order valence-corrected chi connectivity index (χ0v) is 32.1. The van der Waals surface area contributed by atoms with Gasteiger partial charge < -0.3 is 29.0 Å². The van der Waals surface area contributed by atoms with Crippen molar-refractivity contribution in [3.63, 3.8) is 0 Å². The number of fused-ring (bicyclic) bond motifs is 2. The third-order valence-electron chi connectivity index (χ3n) is 9.10. The molecule has 8 rings (SSSR count). The van der Waals surface area contributed by atoms with Crippen LogP contribution in [-0.4, -0.2) is 53.9 Å². The zero-order valence-electron chi connectivity index (χ0n) is 32.1. The van der Waals surface area contributed by atoms with Crippen LogP contribution in [0, 0.1) is 34.9 Å². The van der Waals surface area contributed by atoms with E-state index in [1.54, 1.807) is 48.5 Å². The van der Waals surface area contributed by atoms with E-state index in [0.29, 0.717) is 76.0 Å². The number of halogens is 6. The first-order valence-electron chi connectivity index (χ1n) is 18.2. The highest BCUT2D eigenvalue weighted by Crippen LogP contribution is 2.26. The molecule has 0 aliphatic heterocycles. The number of aromatic hydroxyl groups is 1. The first-order valence-corrected chi connectivity index (χ1v) is 18.2. The normalized spacial score (nSPS) is 10.7. The summed E-state index contributed by atoms with van der Waals surface area (Å²) in [4.78, 5) is 52.4. The Hall–Kier alpha value is -7.90. The number of aldehydes is 2. The largest absolute Gasteiger partial charge is 0.508 e. The number of hydrogen-bond donors (Lipinski definition) is 3. The zero-order chi connectivity index (χ0) is 45.4. The number of hydrogen-bond acceptors (Lipinski definition) is 10. The van der Waals surface area contributed by atoms with Crippen molar-refractivity contribution in [3.8, 4) is 17.2 Å². The second kappa shape index (κ2) is 19.7. The fourth-order valence-electron chi connectivity index (χ4n) is 6.07. The van der Waals surface area contributed by atoms with Crippen molar-refractivity contribution in [2.75, 3.05) is 0 Å². The first kappa shape index (κ1) is 44.7. The molecule has 0 radical (unpaired) electrons. The van der Waals surface area contributed by atoms with Crippen LogP contribution in [0.15, 0.2) is 131 Å². The van der Waals surface area contributed by atoms with Crippen LogP contribution in [0.3, 0.4) is 0 Å². The van der Waals surface area contributed by atoms with Gasteiger partial charge in [0.05, 0.1) is 47.6 Å². The van der Waals surface area contributed by atoms with Gasteiger partial charge in [0.1, 0.15) is 64.7 Å². The molecule has 318 valence electrons. The lowest BCUT2D eigenvalue weighted by molar-refractivity contribution is 0.111. The van der Waals surface area contributed by atoms with Crippen LogP contribution in [0.1, 0.15) is 31.8 Å².